The van der Waals surface area contributed by atoms with Gasteiger partial charge in [0.2, 0.25) is 5.89 Å². The molecule has 7 nitrogen and oxygen atoms in total. The molecule has 28 heavy (non-hydrogen) atoms. The lowest BCUT2D eigenvalue weighted by Crippen LogP contribution is -2.44. The maximum absolute atomic E-state index is 12.2. The first-order valence-corrected chi connectivity index (χ1v) is 9.55. The van der Waals surface area contributed by atoms with E-state index in [0.717, 1.165) is 22.9 Å². The predicted molar refractivity (Wildman–Crippen MR) is 107 cm³/mol. The third-order valence-corrected chi connectivity index (χ3v) is 5.08. The minimum absolute atomic E-state index is 0.283. The number of benzene rings is 2. The van der Waals surface area contributed by atoms with Crippen molar-refractivity contribution in [2.75, 3.05) is 0 Å². The summed E-state index contributed by atoms with van der Waals surface area (Å²) in [4.78, 5) is 24.2. The number of hydrazine groups is 1. The molecule has 0 radical (unpaired) electrons. The van der Waals surface area contributed by atoms with Gasteiger partial charge in [-0.2, -0.15) is 0 Å². The minimum atomic E-state index is -0.538. The van der Waals surface area contributed by atoms with E-state index in [1.165, 1.54) is 5.56 Å². The lowest BCUT2D eigenvalue weighted by molar-refractivity contribution is -0.121. The van der Waals surface area contributed by atoms with Crippen LogP contribution in [0.15, 0.2) is 58.2 Å². The lowest BCUT2D eigenvalue weighted by atomic mass is 10.1. The number of aromatic nitrogens is 2. The number of hydrogen-bond acceptors (Lipinski definition) is 6. The summed E-state index contributed by atoms with van der Waals surface area (Å²) in [6.45, 7) is 5.74. The highest BCUT2D eigenvalue weighted by Gasteiger charge is 2.19. The molecule has 0 aliphatic carbocycles. The normalized spacial score (nSPS) is 11.7. The maximum Gasteiger partial charge on any atom is 0.277 e. The van der Waals surface area contributed by atoms with Gasteiger partial charge in [0.05, 0.1) is 5.25 Å². The second-order valence-electron chi connectivity index (χ2n) is 6.24. The summed E-state index contributed by atoms with van der Waals surface area (Å²) in [5.74, 6) is -0.364. The minimum Gasteiger partial charge on any atom is -0.411 e. The third kappa shape index (κ3) is 4.77. The van der Waals surface area contributed by atoms with Gasteiger partial charge in [-0.15, -0.1) is 10.2 Å². The highest BCUT2D eigenvalue weighted by Crippen LogP contribution is 2.27. The van der Waals surface area contributed by atoms with Gasteiger partial charge in [0.1, 0.15) is 0 Å². The monoisotopic (exact) mass is 396 g/mol. The Kier molecular flexibility index (Phi) is 6.10. The van der Waals surface area contributed by atoms with Crippen molar-refractivity contribution < 1.29 is 14.0 Å². The van der Waals surface area contributed by atoms with Gasteiger partial charge in [-0.05, 0) is 56.2 Å². The summed E-state index contributed by atoms with van der Waals surface area (Å²) in [6.07, 6.45) is 0. The molecule has 144 valence electrons. The second kappa shape index (κ2) is 8.71. The molecule has 1 atom stereocenters. The first kappa shape index (κ1) is 19.6. The molecule has 0 unspecified atom stereocenters. The average Bonchev–Trinajstić information content (AvgIpc) is 3.17. The molecule has 8 heteroatoms. The van der Waals surface area contributed by atoms with Crippen LogP contribution >= 0.6 is 11.8 Å². The summed E-state index contributed by atoms with van der Waals surface area (Å²) < 4.78 is 5.65. The van der Waals surface area contributed by atoms with Crippen LogP contribution in [0.5, 0.6) is 0 Å². The number of amides is 2. The molecule has 0 aliphatic heterocycles. The topological polar surface area (TPSA) is 97.1 Å². The van der Waals surface area contributed by atoms with Crippen LogP contribution in [0, 0.1) is 13.8 Å². The van der Waals surface area contributed by atoms with Gasteiger partial charge < -0.3 is 4.42 Å². The molecule has 3 aromatic rings. The molecular formula is C20H20N4O3S. The molecule has 0 saturated carbocycles. The van der Waals surface area contributed by atoms with Crippen LogP contribution in [0.2, 0.25) is 0 Å². The smallest absolute Gasteiger partial charge is 0.277 e. The molecule has 0 aliphatic rings. The van der Waals surface area contributed by atoms with Crippen LogP contribution < -0.4 is 10.9 Å². The van der Waals surface area contributed by atoms with E-state index >= 15 is 0 Å². The molecule has 3 rings (SSSR count). The molecular weight excluding hydrogens is 376 g/mol. The number of rotatable bonds is 5. The SMILES string of the molecule is Cc1ccc(-c2nnc(S[C@@H](C)C(=O)NNC(=O)c3ccccc3)o2)cc1C. The van der Waals surface area contributed by atoms with Gasteiger partial charge in [0.25, 0.3) is 17.0 Å². The Morgan fingerprint density at radius 3 is 2.46 bits per heavy atom. The largest absolute Gasteiger partial charge is 0.411 e. The number of nitrogens with one attached hydrogen (secondary N) is 2. The van der Waals surface area contributed by atoms with Crippen molar-refractivity contribution >= 4 is 23.6 Å². The highest BCUT2D eigenvalue weighted by molar-refractivity contribution is 8.00. The maximum atomic E-state index is 12.2. The quantitative estimate of drug-likeness (QED) is 0.507. The van der Waals surface area contributed by atoms with Crippen molar-refractivity contribution in [1.82, 2.24) is 21.0 Å². The molecule has 0 saturated heterocycles. The summed E-state index contributed by atoms with van der Waals surface area (Å²) in [5, 5.41) is 7.78. The molecule has 0 fully saturated rings. The zero-order chi connectivity index (χ0) is 20.1. The summed E-state index contributed by atoms with van der Waals surface area (Å²) in [6, 6.07) is 14.5. The number of carbonyl (C=O) groups is 2. The fraction of sp³-hybridized carbons (Fsp3) is 0.200. The van der Waals surface area contributed by atoms with Crippen LogP contribution in [-0.4, -0.2) is 27.3 Å². The van der Waals surface area contributed by atoms with Crippen LogP contribution in [0.4, 0.5) is 0 Å². The van der Waals surface area contributed by atoms with Crippen molar-refractivity contribution in [3.05, 3.63) is 65.2 Å². The molecule has 2 amide bonds. The van der Waals surface area contributed by atoms with Crippen LogP contribution in [0.1, 0.15) is 28.4 Å². The third-order valence-electron chi connectivity index (χ3n) is 4.14. The second-order valence-corrected chi connectivity index (χ2v) is 7.53. The van der Waals surface area contributed by atoms with Crippen molar-refractivity contribution in [3.63, 3.8) is 0 Å². The Morgan fingerprint density at radius 2 is 1.75 bits per heavy atom. The highest BCUT2D eigenvalue weighted by atomic mass is 32.2. The van der Waals surface area contributed by atoms with Crippen LogP contribution in [0.3, 0.4) is 0 Å². The zero-order valence-corrected chi connectivity index (χ0v) is 16.5. The van der Waals surface area contributed by atoms with E-state index in [4.69, 9.17) is 4.42 Å². The first-order valence-electron chi connectivity index (χ1n) is 8.67. The van der Waals surface area contributed by atoms with E-state index in [0.29, 0.717) is 11.5 Å². The number of nitrogens with zero attached hydrogens (tertiary/aromatic N) is 2. The first-order chi connectivity index (χ1) is 13.4. The van der Waals surface area contributed by atoms with Gasteiger partial charge >= 0.3 is 0 Å². The molecule has 2 N–H and O–H groups in total. The zero-order valence-electron chi connectivity index (χ0n) is 15.7. The van der Waals surface area contributed by atoms with E-state index in [1.54, 1.807) is 31.2 Å². The molecule has 0 spiro atoms. The van der Waals surface area contributed by atoms with Gasteiger partial charge in [0, 0.05) is 11.1 Å². The van der Waals surface area contributed by atoms with Crippen molar-refractivity contribution in [3.8, 4) is 11.5 Å². The predicted octanol–water partition coefficient (Wildman–Crippen LogP) is 3.30. The van der Waals surface area contributed by atoms with Gasteiger partial charge in [0.15, 0.2) is 0 Å². The Balaban J connectivity index is 1.56. The van der Waals surface area contributed by atoms with E-state index in [-0.39, 0.29) is 17.0 Å². The van der Waals surface area contributed by atoms with E-state index in [9.17, 15) is 9.59 Å². The Bertz CT molecular complexity index is 988. The number of aryl methyl sites for hydroxylation is 2. The Hall–Kier alpha value is -3.13. The van der Waals surface area contributed by atoms with Crippen LogP contribution in [-0.2, 0) is 4.79 Å². The summed E-state index contributed by atoms with van der Waals surface area (Å²) in [7, 11) is 0. The summed E-state index contributed by atoms with van der Waals surface area (Å²) in [5.41, 5.74) is 8.39. The summed E-state index contributed by atoms with van der Waals surface area (Å²) >= 11 is 1.12. The Labute approximate surface area is 166 Å². The van der Waals surface area contributed by atoms with Crippen molar-refractivity contribution in [2.24, 2.45) is 0 Å². The van der Waals surface area contributed by atoms with Gasteiger partial charge in [-0.1, -0.05) is 36.0 Å². The molecule has 1 heterocycles. The fourth-order valence-corrected chi connectivity index (χ4v) is 3.02. The van der Waals surface area contributed by atoms with E-state index in [1.807, 2.05) is 38.1 Å². The van der Waals surface area contributed by atoms with Crippen molar-refractivity contribution in [1.29, 1.82) is 0 Å². The van der Waals surface area contributed by atoms with Gasteiger partial charge in [-0.3, -0.25) is 20.4 Å². The Morgan fingerprint density at radius 1 is 1.00 bits per heavy atom. The number of carbonyl (C=O) groups excluding carboxylic acids is 2. The standard InChI is InChI=1S/C20H20N4O3S/c1-12-9-10-16(11-13(12)2)19-23-24-20(27-19)28-14(3)17(25)21-22-18(26)15-7-5-4-6-8-15/h4-11,14H,1-3H3,(H,21,25)(H,22,26)/t14-/m0/s1. The number of thioether (sulfide) groups is 1. The van der Waals surface area contributed by atoms with Crippen LogP contribution in [0.25, 0.3) is 11.5 Å². The van der Waals surface area contributed by atoms with E-state index in [2.05, 4.69) is 21.0 Å². The molecule has 1 aromatic heterocycles. The van der Waals surface area contributed by atoms with Crippen molar-refractivity contribution in [2.45, 2.75) is 31.2 Å². The van der Waals surface area contributed by atoms with Gasteiger partial charge in [-0.25, -0.2) is 0 Å². The molecule has 2 aromatic carbocycles. The lowest BCUT2D eigenvalue weighted by Gasteiger charge is -2.10. The average molecular weight is 396 g/mol. The number of hydrogen-bond donors (Lipinski definition) is 2. The fourth-order valence-electron chi connectivity index (χ4n) is 2.33. The molecule has 0 bridgehead atoms. The van der Waals surface area contributed by atoms with E-state index < -0.39 is 5.25 Å².